The minimum atomic E-state index is -1.25. The average molecular weight is 350 g/mol. The number of carboxylic acids is 1. The lowest BCUT2D eigenvalue weighted by molar-refractivity contribution is 0.0687. The van der Waals surface area contributed by atoms with E-state index < -0.39 is 17.6 Å². The molecule has 0 saturated carbocycles. The maximum Gasteiger partial charge on any atom is 0.357 e. The molecule has 0 radical (unpaired) electrons. The lowest BCUT2D eigenvalue weighted by Crippen LogP contribution is -2.32. The van der Waals surface area contributed by atoms with Gasteiger partial charge in [0.2, 0.25) is 0 Å². The molecule has 2 aromatic carbocycles. The summed E-state index contributed by atoms with van der Waals surface area (Å²) in [5.74, 6) is -1.55. The van der Waals surface area contributed by atoms with Crippen LogP contribution in [0.25, 0.3) is 10.8 Å². The molecule has 0 spiro atoms. The predicted octanol–water partition coefficient (Wildman–Crippen LogP) is 3.10. The third-order valence-corrected chi connectivity index (χ3v) is 4.42. The lowest BCUT2D eigenvalue weighted by Gasteiger charge is -2.15. The van der Waals surface area contributed by atoms with Crippen LogP contribution < -0.4 is 5.56 Å². The van der Waals surface area contributed by atoms with Crippen LogP contribution in [0.3, 0.4) is 0 Å². The van der Waals surface area contributed by atoms with Gasteiger partial charge in [0.25, 0.3) is 5.56 Å². The van der Waals surface area contributed by atoms with Crippen molar-refractivity contribution in [1.29, 1.82) is 0 Å². The van der Waals surface area contributed by atoms with Crippen molar-refractivity contribution in [3.63, 3.8) is 0 Å². The number of carbonyl (C=O) groups is 2. The highest BCUT2D eigenvalue weighted by molar-refractivity contribution is 6.02. The van der Waals surface area contributed by atoms with Crippen LogP contribution in [0.1, 0.15) is 46.3 Å². The van der Waals surface area contributed by atoms with Crippen LogP contribution in [0.5, 0.6) is 0 Å². The topological polar surface area (TPSA) is 89.3 Å². The fraction of sp³-hybridized carbons (Fsp3) is 0.200. The fourth-order valence-corrected chi connectivity index (χ4v) is 2.88. The molecular formula is C20H18N2O4. The highest BCUT2D eigenvalue weighted by atomic mass is 16.4. The molecule has 0 aliphatic rings. The average Bonchev–Trinajstić information content (AvgIpc) is 2.67. The van der Waals surface area contributed by atoms with Gasteiger partial charge in [-0.3, -0.25) is 9.59 Å². The third-order valence-electron chi connectivity index (χ3n) is 4.42. The molecule has 6 heteroatoms. The summed E-state index contributed by atoms with van der Waals surface area (Å²) in [6, 6.07) is 12.6. The second kappa shape index (κ2) is 6.92. The number of hydrogen-bond acceptors (Lipinski definition) is 4. The van der Waals surface area contributed by atoms with E-state index in [1.54, 1.807) is 31.2 Å². The molecule has 0 aliphatic carbocycles. The van der Waals surface area contributed by atoms with E-state index in [1.807, 2.05) is 19.1 Å². The Balaban J connectivity index is 2.11. The first-order valence-electron chi connectivity index (χ1n) is 8.32. The smallest absolute Gasteiger partial charge is 0.357 e. The van der Waals surface area contributed by atoms with Crippen LogP contribution in [0.15, 0.2) is 53.3 Å². The summed E-state index contributed by atoms with van der Waals surface area (Å²) >= 11 is 0. The fourth-order valence-electron chi connectivity index (χ4n) is 2.88. The summed E-state index contributed by atoms with van der Waals surface area (Å²) < 4.78 is 0.960. The van der Waals surface area contributed by atoms with Crippen molar-refractivity contribution < 1.29 is 14.7 Å². The van der Waals surface area contributed by atoms with E-state index >= 15 is 0 Å². The summed E-state index contributed by atoms with van der Waals surface area (Å²) in [4.78, 5) is 37.1. The quantitative estimate of drug-likeness (QED) is 0.714. The molecule has 0 saturated heterocycles. The lowest BCUT2D eigenvalue weighted by atomic mass is 10.0. The Morgan fingerprint density at radius 1 is 1.08 bits per heavy atom. The Kier molecular flexibility index (Phi) is 4.67. The van der Waals surface area contributed by atoms with Crippen molar-refractivity contribution in [3.8, 4) is 0 Å². The van der Waals surface area contributed by atoms with Gasteiger partial charge in [0, 0.05) is 10.9 Å². The number of aryl methyl sites for hydroxylation is 1. The number of ketones is 1. The maximum atomic E-state index is 12.8. The number of rotatable bonds is 5. The molecule has 0 aliphatic heterocycles. The number of benzene rings is 2. The van der Waals surface area contributed by atoms with Gasteiger partial charge in [-0.25, -0.2) is 9.48 Å². The molecule has 1 heterocycles. The molecule has 6 nitrogen and oxygen atoms in total. The van der Waals surface area contributed by atoms with Crippen LogP contribution in [0.4, 0.5) is 0 Å². The number of Topliss-reactive ketones (excluding diaryl/α,β-unsaturated/α-hetero) is 1. The third kappa shape index (κ3) is 3.01. The summed E-state index contributed by atoms with van der Waals surface area (Å²) in [6.07, 6.45) is 0.859. The van der Waals surface area contributed by atoms with Gasteiger partial charge in [0.15, 0.2) is 11.5 Å². The van der Waals surface area contributed by atoms with Crippen LogP contribution in [-0.4, -0.2) is 26.6 Å². The van der Waals surface area contributed by atoms with E-state index in [4.69, 9.17) is 0 Å². The van der Waals surface area contributed by atoms with E-state index in [0.29, 0.717) is 5.56 Å². The number of aromatic carboxylic acids is 1. The van der Waals surface area contributed by atoms with Gasteiger partial charge in [-0.1, -0.05) is 49.4 Å². The monoisotopic (exact) mass is 350 g/mol. The van der Waals surface area contributed by atoms with Crippen LogP contribution in [0.2, 0.25) is 0 Å². The zero-order chi connectivity index (χ0) is 18.8. The highest BCUT2D eigenvalue weighted by Gasteiger charge is 2.23. The van der Waals surface area contributed by atoms with Crippen molar-refractivity contribution in [2.45, 2.75) is 26.3 Å². The number of aromatic nitrogens is 2. The SMILES string of the molecule is CCc1ccc(C(=O)C(C)n2nc(C(=O)O)c3ccccc3c2=O)cc1. The van der Waals surface area contributed by atoms with Gasteiger partial charge in [-0.2, -0.15) is 5.10 Å². The first-order chi connectivity index (χ1) is 12.4. The van der Waals surface area contributed by atoms with Crippen LogP contribution in [0, 0.1) is 0 Å². The van der Waals surface area contributed by atoms with E-state index in [1.165, 1.54) is 12.1 Å². The van der Waals surface area contributed by atoms with Crippen molar-refractivity contribution in [3.05, 3.63) is 75.7 Å². The number of fused-ring (bicyclic) bond motifs is 1. The molecule has 1 aromatic heterocycles. The Morgan fingerprint density at radius 3 is 2.27 bits per heavy atom. The Labute approximate surface area is 149 Å². The molecule has 0 amide bonds. The molecule has 0 bridgehead atoms. The Bertz CT molecular complexity index is 1050. The number of nitrogens with zero attached hydrogens (tertiary/aromatic N) is 2. The van der Waals surface area contributed by atoms with E-state index in [-0.39, 0.29) is 22.2 Å². The molecule has 3 rings (SSSR count). The van der Waals surface area contributed by atoms with Gasteiger partial charge in [-0.15, -0.1) is 0 Å². The van der Waals surface area contributed by atoms with E-state index in [9.17, 15) is 19.5 Å². The summed E-state index contributed by atoms with van der Waals surface area (Å²) in [5.41, 5.74) is 0.814. The minimum absolute atomic E-state index is 0.223. The summed E-state index contributed by atoms with van der Waals surface area (Å²) in [6.45, 7) is 3.57. The first-order valence-corrected chi connectivity index (χ1v) is 8.32. The van der Waals surface area contributed by atoms with Crippen molar-refractivity contribution in [2.75, 3.05) is 0 Å². The molecule has 26 heavy (non-hydrogen) atoms. The zero-order valence-corrected chi connectivity index (χ0v) is 14.5. The summed E-state index contributed by atoms with van der Waals surface area (Å²) in [7, 11) is 0. The maximum absolute atomic E-state index is 12.8. The second-order valence-electron chi connectivity index (χ2n) is 6.04. The molecule has 1 N–H and O–H groups in total. The predicted molar refractivity (Wildman–Crippen MR) is 97.8 cm³/mol. The van der Waals surface area contributed by atoms with E-state index in [0.717, 1.165) is 16.7 Å². The standard InChI is InChI=1S/C20H18N2O4/c1-3-13-8-10-14(11-9-13)18(23)12(2)22-19(24)16-7-5-4-6-15(16)17(21-22)20(25)26/h4-12H,3H2,1-2H3,(H,25,26). The number of hydrogen-bond donors (Lipinski definition) is 1. The van der Waals surface area contributed by atoms with Crippen molar-refractivity contribution >= 4 is 22.5 Å². The Hall–Kier alpha value is -3.28. The van der Waals surface area contributed by atoms with Gasteiger partial charge >= 0.3 is 5.97 Å². The summed E-state index contributed by atoms with van der Waals surface area (Å²) in [5, 5.41) is 13.9. The normalized spacial score (nSPS) is 12.1. The molecule has 1 atom stereocenters. The minimum Gasteiger partial charge on any atom is -0.476 e. The van der Waals surface area contributed by atoms with Crippen LogP contribution in [-0.2, 0) is 6.42 Å². The molecule has 3 aromatic rings. The van der Waals surface area contributed by atoms with Crippen molar-refractivity contribution in [1.82, 2.24) is 9.78 Å². The molecule has 1 unspecified atom stereocenters. The Morgan fingerprint density at radius 2 is 1.69 bits per heavy atom. The highest BCUT2D eigenvalue weighted by Crippen LogP contribution is 2.17. The number of carbonyl (C=O) groups excluding carboxylic acids is 1. The van der Waals surface area contributed by atoms with Crippen LogP contribution >= 0.6 is 0 Å². The molecule has 0 fully saturated rings. The second-order valence-corrected chi connectivity index (χ2v) is 6.04. The van der Waals surface area contributed by atoms with Crippen molar-refractivity contribution in [2.24, 2.45) is 0 Å². The zero-order valence-electron chi connectivity index (χ0n) is 14.5. The van der Waals surface area contributed by atoms with Gasteiger partial charge in [0.1, 0.15) is 6.04 Å². The van der Waals surface area contributed by atoms with Gasteiger partial charge in [-0.05, 0) is 25.0 Å². The van der Waals surface area contributed by atoms with Gasteiger partial charge < -0.3 is 5.11 Å². The first kappa shape index (κ1) is 17.5. The molecule has 132 valence electrons. The van der Waals surface area contributed by atoms with E-state index in [2.05, 4.69) is 5.10 Å². The molecular weight excluding hydrogens is 332 g/mol. The number of carboxylic acid groups (broad SMARTS) is 1. The van der Waals surface area contributed by atoms with Gasteiger partial charge in [0.05, 0.1) is 5.39 Å². The largest absolute Gasteiger partial charge is 0.476 e.